The van der Waals surface area contributed by atoms with Gasteiger partial charge in [-0.15, -0.1) is 0 Å². The summed E-state index contributed by atoms with van der Waals surface area (Å²) in [6.45, 7) is 2.02. The molecule has 1 aromatic heterocycles. The zero-order valence-corrected chi connectivity index (χ0v) is 10.6. The van der Waals surface area contributed by atoms with Crippen LogP contribution in [0.1, 0.15) is 11.1 Å². The minimum absolute atomic E-state index is 0.0873. The number of rotatable bonds is 3. The van der Waals surface area contributed by atoms with E-state index in [9.17, 15) is 4.79 Å². The quantitative estimate of drug-likeness (QED) is 0.906. The summed E-state index contributed by atoms with van der Waals surface area (Å²) >= 11 is 0. The summed E-state index contributed by atoms with van der Waals surface area (Å²) in [5, 5.41) is 18.0. The van der Waals surface area contributed by atoms with E-state index in [0.717, 1.165) is 11.1 Å². The largest absolute Gasteiger partial charge is 0.395 e. The van der Waals surface area contributed by atoms with E-state index in [0.29, 0.717) is 5.69 Å². The molecule has 0 unspecified atom stereocenters. The van der Waals surface area contributed by atoms with Gasteiger partial charge in [0.1, 0.15) is 11.6 Å². The summed E-state index contributed by atoms with van der Waals surface area (Å²) in [5.41, 5.74) is 2.45. The van der Waals surface area contributed by atoms with Crippen molar-refractivity contribution in [3.8, 4) is 17.3 Å². The number of aryl methyl sites for hydroxylation is 1. The van der Waals surface area contributed by atoms with Crippen molar-refractivity contribution in [1.29, 1.82) is 5.26 Å². The standard InChI is InChI=1S/C15H14N2O2/c1-11-2-4-12(5-3-11)14-7-6-13(10-16)15(19)17(14)8-9-18/h2-7,18H,8-9H2,1H3. The predicted octanol–water partition coefficient (Wildman–Crippen LogP) is 1.69. The SMILES string of the molecule is Cc1ccc(-c2ccc(C#N)c(=O)n2CCO)cc1. The van der Waals surface area contributed by atoms with Crippen molar-refractivity contribution >= 4 is 0 Å². The molecule has 0 saturated carbocycles. The minimum Gasteiger partial charge on any atom is -0.395 e. The van der Waals surface area contributed by atoms with Crippen LogP contribution >= 0.6 is 0 Å². The maximum absolute atomic E-state index is 12.1. The van der Waals surface area contributed by atoms with Crippen molar-refractivity contribution in [2.75, 3.05) is 6.61 Å². The second kappa shape index (κ2) is 5.51. The molecule has 0 amide bonds. The Morgan fingerprint density at radius 1 is 1.21 bits per heavy atom. The molecule has 0 aliphatic carbocycles. The molecule has 1 N–H and O–H groups in total. The van der Waals surface area contributed by atoms with E-state index in [4.69, 9.17) is 10.4 Å². The maximum Gasteiger partial charge on any atom is 0.269 e. The van der Waals surface area contributed by atoms with E-state index in [1.54, 1.807) is 6.07 Å². The van der Waals surface area contributed by atoms with Crippen LogP contribution in [0.4, 0.5) is 0 Å². The van der Waals surface area contributed by atoms with E-state index in [-0.39, 0.29) is 24.3 Å². The van der Waals surface area contributed by atoms with Gasteiger partial charge < -0.3 is 9.67 Å². The second-order valence-electron chi connectivity index (χ2n) is 4.29. The molecule has 0 radical (unpaired) electrons. The smallest absolute Gasteiger partial charge is 0.269 e. The lowest BCUT2D eigenvalue weighted by atomic mass is 10.1. The average molecular weight is 254 g/mol. The van der Waals surface area contributed by atoms with Gasteiger partial charge in [0.05, 0.1) is 12.3 Å². The Kier molecular flexibility index (Phi) is 3.79. The predicted molar refractivity (Wildman–Crippen MR) is 72.7 cm³/mol. The van der Waals surface area contributed by atoms with Gasteiger partial charge in [-0.05, 0) is 24.6 Å². The fraction of sp³-hybridized carbons (Fsp3) is 0.200. The molecule has 0 atom stereocenters. The molecule has 0 spiro atoms. The van der Waals surface area contributed by atoms with Crippen LogP contribution in [0.5, 0.6) is 0 Å². The van der Waals surface area contributed by atoms with Gasteiger partial charge in [0.25, 0.3) is 5.56 Å². The highest BCUT2D eigenvalue weighted by Gasteiger charge is 2.09. The summed E-state index contributed by atoms with van der Waals surface area (Å²) < 4.78 is 1.43. The zero-order chi connectivity index (χ0) is 13.8. The van der Waals surface area contributed by atoms with E-state index < -0.39 is 0 Å². The van der Waals surface area contributed by atoms with Gasteiger partial charge in [-0.25, -0.2) is 0 Å². The third-order valence-electron chi connectivity index (χ3n) is 2.97. The monoisotopic (exact) mass is 254 g/mol. The Morgan fingerprint density at radius 2 is 1.89 bits per heavy atom. The van der Waals surface area contributed by atoms with Gasteiger partial charge >= 0.3 is 0 Å². The molecule has 2 aromatic rings. The molecule has 4 nitrogen and oxygen atoms in total. The summed E-state index contributed by atoms with van der Waals surface area (Å²) in [6.07, 6.45) is 0. The van der Waals surface area contributed by atoms with Crippen LogP contribution in [0.3, 0.4) is 0 Å². The second-order valence-corrected chi connectivity index (χ2v) is 4.29. The van der Waals surface area contributed by atoms with Gasteiger partial charge in [-0.3, -0.25) is 4.79 Å². The van der Waals surface area contributed by atoms with Crippen LogP contribution in [-0.4, -0.2) is 16.3 Å². The number of aromatic nitrogens is 1. The average Bonchev–Trinajstić information content (AvgIpc) is 2.42. The lowest BCUT2D eigenvalue weighted by Gasteiger charge is -2.12. The van der Waals surface area contributed by atoms with E-state index >= 15 is 0 Å². The highest BCUT2D eigenvalue weighted by Crippen LogP contribution is 2.18. The van der Waals surface area contributed by atoms with Crippen LogP contribution in [0.25, 0.3) is 11.3 Å². The first kappa shape index (κ1) is 13.1. The molecule has 96 valence electrons. The van der Waals surface area contributed by atoms with E-state index in [1.165, 1.54) is 10.6 Å². The molecule has 0 aliphatic heterocycles. The molecule has 1 heterocycles. The number of aliphatic hydroxyl groups excluding tert-OH is 1. The molecule has 0 bridgehead atoms. The van der Waals surface area contributed by atoms with Crippen molar-refractivity contribution in [1.82, 2.24) is 4.57 Å². The zero-order valence-electron chi connectivity index (χ0n) is 10.6. The molecular formula is C15H14N2O2. The summed E-state index contributed by atoms with van der Waals surface area (Å²) in [6, 6.07) is 12.9. The fourth-order valence-electron chi connectivity index (χ4n) is 1.96. The highest BCUT2D eigenvalue weighted by molar-refractivity contribution is 5.60. The summed E-state index contributed by atoms with van der Waals surface area (Å²) in [4.78, 5) is 12.1. The number of hydrogen-bond donors (Lipinski definition) is 1. The summed E-state index contributed by atoms with van der Waals surface area (Å²) in [5.74, 6) is 0. The van der Waals surface area contributed by atoms with Crippen LogP contribution < -0.4 is 5.56 Å². The number of nitrogens with zero attached hydrogens (tertiary/aromatic N) is 2. The minimum atomic E-state index is -0.366. The van der Waals surface area contributed by atoms with E-state index in [1.807, 2.05) is 37.3 Å². The summed E-state index contributed by atoms with van der Waals surface area (Å²) in [7, 11) is 0. The molecule has 4 heteroatoms. The normalized spacial score (nSPS) is 10.2. The van der Waals surface area contributed by atoms with Crippen molar-refractivity contribution < 1.29 is 5.11 Å². The fourth-order valence-corrected chi connectivity index (χ4v) is 1.96. The van der Waals surface area contributed by atoms with Crippen molar-refractivity contribution in [2.45, 2.75) is 13.5 Å². The molecular weight excluding hydrogens is 240 g/mol. The topological polar surface area (TPSA) is 66.0 Å². The Hall–Kier alpha value is -2.38. The Morgan fingerprint density at radius 3 is 2.47 bits per heavy atom. The van der Waals surface area contributed by atoms with Crippen LogP contribution in [0.2, 0.25) is 0 Å². The van der Waals surface area contributed by atoms with Crippen molar-refractivity contribution in [3.05, 3.63) is 57.9 Å². The van der Waals surface area contributed by atoms with Crippen LogP contribution in [0.15, 0.2) is 41.2 Å². The van der Waals surface area contributed by atoms with Gasteiger partial charge in [0, 0.05) is 6.54 Å². The number of nitriles is 1. The number of aliphatic hydroxyl groups is 1. The van der Waals surface area contributed by atoms with Gasteiger partial charge in [-0.2, -0.15) is 5.26 Å². The van der Waals surface area contributed by atoms with Crippen LogP contribution in [-0.2, 0) is 6.54 Å². The maximum atomic E-state index is 12.1. The van der Waals surface area contributed by atoms with Crippen molar-refractivity contribution in [3.63, 3.8) is 0 Å². The van der Waals surface area contributed by atoms with Gasteiger partial charge in [0.2, 0.25) is 0 Å². The number of pyridine rings is 1. The molecule has 1 aromatic carbocycles. The Labute approximate surface area is 111 Å². The number of hydrogen-bond acceptors (Lipinski definition) is 3. The lowest BCUT2D eigenvalue weighted by molar-refractivity contribution is 0.275. The van der Waals surface area contributed by atoms with Crippen LogP contribution in [0, 0.1) is 18.3 Å². The third-order valence-corrected chi connectivity index (χ3v) is 2.97. The highest BCUT2D eigenvalue weighted by atomic mass is 16.3. The molecule has 19 heavy (non-hydrogen) atoms. The first-order chi connectivity index (χ1) is 9.17. The van der Waals surface area contributed by atoms with Gasteiger partial charge in [0.15, 0.2) is 0 Å². The molecule has 0 fully saturated rings. The Bertz CT molecular complexity index is 679. The van der Waals surface area contributed by atoms with Crippen molar-refractivity contribution in [2.24, 2.45) is 0 Å². The van der Waals surface area contributed by atoms with E-state index in [2.05, 4.69) is 0 Å². The third kappa shape index (κ3) is 2.56. The first-order valence-corrected chi connectivity index (χ1v) is 5.99. The first-order valence-electron chi connectivity index (χ1n) is 5.99. The Balaban J connectivity index is 2.63. The molecule has 0 aliphatic rings. The number of benzene rings is 1. The van der Waals surface area contributed by atoms with Gasteiger partial charge in [-0.1, -0.05) is 29.8 Å². The molecule has 2 rings (SSSR count). The molecule has 0 saturated heterocycles. The lowest BCUT2D eigenvalue weighted by Crippen LogP contribution is -2.25.